The molecule has 0 saturated carbocycles. The van der Waals surface area contributed by atoms with Crippen LogP contribution in [0.25, 0.3) is 5.52 Å². The number of allylic oxidation sites excluding steroid dienone is 1. The van der Waals surface area contributed by atoms with E-state index in [0.717, 1.165) is 0 Å². The highest BCUT2D eigenvalue weighted by molar-refractivity contribution is 5.92. The van der Waals surface area contributed by atoms with E-state index >= 15 is 0 Å². The van der Waals surface area contributed by atoms with Crippen molar-refractivity contribution in [2.45, 2.75) is 65.9 Å². The summed E-state index contributed by atoms with van der Waals surface area (Å²) in [6.07, 6.45) is 9.26. The number of fused-ring (bicyclic) bond motifs is 6. The predicted molar refractivity (Wildman–Crippen MR) is 149 cm³/mol. The van der Waals surface area contributed by atoms with Crippen LogP contribution < -0.4 is 14.3 Å². The minimum Gasteiger partial charge on any atom is -0.618 e. The number of ether oxygens (including phenoxy) is 1. The first-order valence-electron chi connectivity index (χ1n) is 14.2. The number of hydrogen-bond donors (Lipinski definition) is 1. The summed E-state index contributed by atoms with van der Waals surface area (Å²) in [6.45, 7) is 5.24. The molecular formula is C28H36F2N8O4+2. The third kappa shape index (κ3) is 4.54. The smallest absolute Gasteiger partial charge is 0.346 e. The van der Waals surface area contributed by atoms with Crippen LogP contribution in [0.1, 0.15) is 58.8 Å². The second-order valence-electron chi connectivity index (χ2n) is 11.9. The van der Waals surface area contributed by atoms with Crippen LogP contribution in [-0.4, -0.2) is 63.0 Å². The van der Waals surface area contributed by atoms with Crippen LogP contribution in [0.5, 0.6) is 0 Å². The molecule has 0 saturated heterocycles. The fourth-order valence-electron chi connectivity index (χ4n) is 6.64. The van der Waals surface area contributed by atoms with Gasteiger partial charge in [0.2, 0.25) is 6.20 Å². The summed E-state index contributed by atoms with van der Waals surface area (Å²) in [5.74, 6) is 0.995. The number of aliphatic imine (C=N–C) groups is 1. The van der Waals surface area contributed by atoms with Crippen molar-refractivity contribution in [2.75, 3.05) is 24.7 Å². The van der Waals surface area contributed by atoms with Crippen molar-refractivity contribution in [2.24, 2.45) is 10.4 Å². The number of nitrogens with zero attached hydrogens (tertiary/aromatic N) is 8. The van der Waals surface area contributed by atoms with Gasteiger partial charge in [-0.25, -0.2) is 19.6 Å². The maximum atomic E-state index is 13.7. The van der Waals surface area contributed by atoms with E-state index in [4.69, 9.17) is 9.57 Å². The number of rotatable bonds is 9. The van der Waals surface area contributed by atoms with Gasteiger partial charge in [-0.15, -0.1) is 14.1 Å². The van der Waals surface area contributed by atoms with Crippen LogP contribution in [0.3, 0.4) is 0 Å². The normalized spacial score (nSPS) is 26.7. The maximum absolute atomic E-state index is 13.7. The van der Waals surface area contributed by atoms with Crippen molar-refractivity contribution in [3.8, 4) is 0 Å². The third-order valence-corrected chi connectivity index (χ3v) is 8.19. The van der Waals surface area contributed by atoms with Gasteiger partial charge in [0.25, 0.3) is 6.23 Å². The van der Waals surface area contributed by atoms with E-state index in [2.05, 4.69) is 15.0 Å². The first kappa shape index (κ1) is 28.6. The van der Waals surface area contributed by atoms with Gasteiger partial charge in [-0.05, 0) is 25.0 Å². The van der Waals surface area contributed by atoms with Crippen molar-refractivity contribution in [1.29, 1.82) is 0 Å². The number of halogens is 2. The summed E-state index contributed by atoms with van der Waals surface area (Å²) in [4.78, 5) is 22.2. The summed E-state index contributed by atoms with van der Waals surface area (Å²) < 4.78 is 34.2. The monoisotopic (exact) mass is 586 g/mol. The first-order valence-corrected chi connectivity index (χ1v) is 14.2. The zero-order valence-corrected chi connectivity index (χ0v) is 24.1. The second-order valence-corrected chi connectivity index (χ2v) is 11.9. The Bertz CT molecular complexity index is 1560. The lowest BCUT2D eigenvalue weighted by Gasteiger charge is -2.47. The molecule has 3 aromatic rings. The highest BCUT2D eigenvalue weighted by Crippen LogP contribution is 2.50. The summed E-state index contributed by atoms with van der Waals surface area (Å²) in [5, 5.41) is 25.8. The zero-order chi connectivity index (χ0) is 29.9. The molecule has 3 aliphatic rings. The van der Waals surface area contributed by atoms with Crippen LogP contribution in [0.15, 0.2) is 53.9 Å². The predicted octanol–water partition coefficient (Wildman–Crippen LogP) is 4.70. The second kappa shape index (κ2) is 10.3. The molecule has 3 aromatic heterocycles. The van der Waals surface area contributed by atoms with Gasteiger partial charge in [-0.1, -0.05) is 27.7 Å². The van der Waals surface area contributed by atoms with Crippen molar-refractivity contribution < 1.29 is 32.9 Å². The number of aromatic nitrogens is 4. The highest BCUT2D eigenvalue weighted by Gasteiger charge is 2.61. The molecule has 0 aliphatic carbocycles. The van der Waals surface area contributed by atoms with Crippen molar-refractivity contribution >= 4 is 29.1 Å². The Hall–Kier alpha value is -3.56. The number of alkyl halides is 2. The lowest BCUT2D eigenvalue weighted by molar-refractivity contribution is -1.10. The summed E-state index contributed by atoms with van der Waals surface area (Å²) >= 11 is 0. The number of imidazole rings is 1. The van der Waals surface area contributed by atoms with Gasteiger partial charge < -0.3 is 9.94 Å². The molecule has 4 atom stereocenters. The largest absolute Gasteiger partial charge is 0.618 e. The first-order chi connectivity index (χ1) is 20.0. The van der Waals surface area contributed by atoms with E-state index in [9.17, 15) is 19.2 Å². The Morgan fingerprint density at radius 1 is 1.29 bits per heavy atom. The summed E-state index contributed by atoms with van der Waals surface area (Å²) in [6, 6.07) is 3.67. The standard InChI is InChI=1S/C28H36F2N8O4/c1-5-8-22(37(40)15-20-13-33-21-9-7-10-32-25(21)35(20)18-37)42-38(11-6-2)16-28(3,4)24(41-27(29)30)23-26(38)34-17-31-12-19(34)14-36(23)39/h7,9-10,12-15,17,22,24,27,40H,5-6,8,11,16,18H2,1-4H3/q+2. The van der Waals surface area contributed by atoms with Crippen molar-refractivity contribution in [3.63, 3.8) is 0 Å². The van der Waals surface area contributed by atoms with Gasteiger partial charge in [0.15, 0.2) is 24.8 Å². The molecule has 42 heavy (non-hydrogen) atoms. The fraction of sp³-hybridized carbons (Fsp3) is 0.500. The Labute approximate surface area is 242 Å². The van der Waals surface area contributed by atoms with Crippen molar-refractivity contribution in [3.05, 3.63) is 59.8 Å². The number of anilines is 1. The third-order valence-electron chi connectivity index (χ3n) is 8.19. The lowest BCUT2D eigenvalue weighted by atomic mass is 9.80. The van der Waals surface area contributed by atoms with Crippen LogP contribution in [0.2, 0.25) is 0 Å². The maximum Gasteiger partial charge on any atom is 0.346 e. The van der Waals surface area contributed by atoms with Gasteiger partial charge in [-0.3, -0.25) is 9.89 Å². The lowest BCUT2D eigenvalue weighted by Crippen LogP contribution is -2.66. The fourth-order valence-corrected chi connectivity index (χ4v) is 6.64. The summed E-state index contributed by atoms with van der Waals surface area (Å²) in [7, 11) is 0. The molecule has 224 valence electrons. The zero-order valence-electron chi connectivity index (χ0n) is 24.1. The molecule has 3 aliphatic heterocycles. The molecule has 4 unspecified atom stereocenters. The molecule has 0 spiro atoms. The number of quaternary nitrogens is 2. The van der Waals surface area contributed by atoms with Gasteiger partial charge in [-0.2, -0.15) is 13.5 Å². The Morgan fingerprint density at radius 2 is 2.10 bits per heavy atom. The number of pyridine rings is 1. The molecular weight excluding hydrogens is 550 g/mol. The van der Waals surface area contributed by atoms with Crippen LogP contribution in [0, 0.1) is 10.6 Å². The van der Waals surface area contributed by atoms with E-state index < -0.39 is 29.0 Å². The van der Waals surface area contributed by atoms with Gasteiger partial charge in [0.1, 0.15) is 36.3 Å². The topological polar surface area (TPSA) is 111 Å². The molecule has 0 bridgehead atoms. The van der Waals surface area contributed by atoms with E-state index in [0.29, 0.717) is 59.1 Å². The number of hydrogen-bond acceptors (Lipinski definition) is 8. The molecule has 6 rings (SSSR count). The molecule has 0 aromatic carbocycles. The van der Waals surface area contributed by atoms with Gasteiger partial charge in [0.05, 0.1) is 17.8 Å². The van der Waals surface area contributed by atoms with E-state index in [1.54, 1.807) is 43.2 Å². The quantitative estimate of drug-likeness (QED) is 0.220. The molecule has 14 heteroatoms. The minimum atomic E-state index is -3.08. The minimum absolute atomic E-state index is 0.0349. The Kier molecular flexibility index (Phi) is 7.01. The molecule has 0 fully saturated rings. The molecule has 1 N–H and O–H groups in total. The SMILES string of the molecule is CCCC(O[N+]1(CCC)CC(C)(C)C(OC(F)F)c2c1n1cncc1c[n+]2[O-])[N+]1(O)C=C2C=Nc3cccnc3N2C1. The van der Waals surface area contributed by atoms with Crippen molar-refractivity contribution in [1.82, 2.24) is 19.0 Å². The Morgan fingerprint density at radius 3 is 2.83 bits per heavy atom. The van der Waals surface area contributed by atoms with Crippen LogP contribution in [-0.2, 0) is 9.57 Å². The van der Waals surface area contributed by atoms with E-state index in [1.165, 1.54) is 12.4 Å². The van der Waals surface area contributed by atoms with Gasteiger partial charge in [0, 0.05) is 12.6 Å². The van der Waals surface area contributed by atoms with Crippen LogP contribution >= 0.6 is 0 Å². The molecule has 12 nitrogen and oxygen atoms in total. The summed E-state index contributed by atoms with van der Waals surface area (Å²) in [5.41, 5.74) is 0.958. The average Bonchev–Trinajstić information content (AvgIpc) is 3.54. The van der Waals surface area contributed by atoms with E-state index in [-0.39, 0.29) is 23.6 Å². The van der Waals surface area contributed by atoms with E-state index in [1.807, 2.05) is 30.9 Å². The highest BCUT2D eigenvalue weighted by atomic mass is 19.3. The molecule has 0 amide bonds. The number of hydroxylamine groups is 5. The van der Waals surface area contributed by atoms with Gasteiger partial charge >= 0.3 is 18.1 Å². The van der Waals surface area contributed by atoms with Crippen LogP contribution in [0.4, 0.5) is 26.1 Å². The molecule has 6 heterocycles. The average molecular weight is 587 g/mol. The molecule has 0 radical (unpaired) electrons. The Balaban J connectivity index is 1.49.